The van der Waals surface area contributed by atoms with E-state index in [1.807, 2.05) is 6.92 Å². The highest BCUT2D eigenvalue weighted by Gasteiger charge is 2.19. The fourth-order valence-corrected chi connectivity index (χ4v) is 2.31. The molecular formula is C17H21N3O4. The lowest BCUT2D eigenvalue weighted by atomic mass is 10.1. The van der Waals surface area contributed by atoms with Crippen molar-refractivity contribution in [3.63, 3.8) is 0 Å². The second kappa shape index (κ2) is 7.74. The van der Waals surface area contributed by atoms with E-state index >= 15 is 0 Å². The molecule has 7 heteroatoms. The minimum absolute atomic E-state index is 0.0500. The van der Waals surface area contributed by atoms with Crippen LogP contribution in [0.2, 0.25) is 0 Å². The van der Waals surface area contributed by atoms with E-state index < -0.39 is 12.0 Å². The number of likely N-dealkylation sites (N-methyl/N-ethyl adjacent to an activating group) is 1. The number of carbonyl (C=O) groups is 1. The van der Waals surface area contributed by atoms with Crippen LogP contribution in [0.25, 0.3) is 0 Å². The molecule has 0 aliphatic rings. The Morgan fingerprint density at radius 3 is 2.83 bits per heavy atom. The third-order valence-corrected chi connectivity index (χ3v) is 3.43. The van der Waals surface area contributed by atoms with Crippen LogP contribution in [0.3, 0.4) is 0 Å². The molecule has 2 rings (SSSR count). The van der Waals surface area contributed by atoms with Crippen LogP contribution in [0.15, 0.2) is 35.1 Å². The zero-order chi connectivity index (χ0) is 17.7. The number of nitrogens with one attached hydrogen (secondary N) is 1. The molecule has 2 aromatic rings. The number of carbonyl (C=O) groups excluding carboxylic acids is 1. The van der Waals surface area contributed by atoms with Crippen LogP contribution in [0.5, 0.6) is 5.75 Å². The van der Waals surface area contributed by atoms with E-state index in [2.05, 4.69) is 9.97 Å². The highest BCUT2D eigenvalue weighted by atomic mass is 16.5. The Balaban J connectivity index is 2.10. The Labute approximate surface area is 139 Å². The van der Waals surface area contributed by atoms with Gasteiger partial charge in [0.05, 0.1) is 19.3 Å². The monoisotopic (exact) mass is 331 g/mol. The lowest BCUT2D eigenvalue weighted by Gasteiger charge is -2.21. The van der Waals surface area contributed by atoms with E-state index in [1.54, 1.807) is 38.2 Å². The molecule has 0 spiro atoms. The standard InChI is InChI=1S/C17H21N3O4/c1-4-24-13-7-5-6-12(8-13)15(21)10-20(3)17(23)14-9-16(22)19-11(2)18-14/h5-9,15,21H,4,10H2,1-3H3,(H,18,19,22)/t15-/m0/s1. The summed E-state index contributed by atoms with van der Waals surface area (Å²) in [4.78, 5) is 31.7. The highest BCUT2D eigenvalue weighted by Crippen LogP contribution is 2.20. The molecular weight excluding hydrogens is 310 g/mol. The number of aryl methyl sites for hydroxylation is 1. The predicted octanol–water partition coefficient (Wildman–Crippen LogP) is 1.28. The van der Waals surface area contributed by atoms with Gasteiger partial charge in [-0.05, 0) is 31.5 Å². The van der Waals surface area contributed by atoms with Crippen molar-refractivity contribution >= 4 is 5.91 Å². The summed E-state index contributed by atoms with van der Waals surface area (Å²) in [6.45, 7) is 4.09. The van der Waals surface area contributed by atoms with Crippen molar-refractivity contribution in [2.75, 3.05) is 20.2 Å². The largest absolute Gasteiger partial charge is 0.494 e. The van der Waals surface area contributed by atoms with Crippen LogP contribution < -0.4 is 10.3 Å². The molecule has 0 saturated heterocycles. The van der Waals surface area contributed by atoms with Gasteiger partial charge in [0.25, 0.3) is 11.5 Å². The summed E-state index contributed by atoms with van der Waals surface area (Å²) in [5.74, 6) is 0.600. The maximum absolute atomic E-state index is 12.4. The average molecular weight is 331 g/mol. The first-order valence-corrected chi connectivity index (χ1v) is 7.65. The number of H-pyrrole nitrogens is 1. The van der Waals surface area contributed by atoms with Crippen LogP contribution in [-0.2, 0) is 0 Å². The molecule has 1 aromatic heterocycles. The fraction of sp³-hybridized carbons (Fsp3) is 0.353. The van der Waals surface area contributed by atoms with Crippen molar-refractivity contribution < 1.29 is 14.6 Å². The van der Waals surface area contributed by atoms with E-state index in [0.29, 0.717) is 23.7 Å². The van der Waals surface area contributed by atoms with Gasteiger partial charge in [-0.2, -0.15) is 0 Å². The Kier molecular flexibility index (Phi) is 5.70. The zero-order valence-electron chi connectivity index (χ0n) is 13.9. The van der Waals surface area contributed by atoms with Crippen LogP contribution in [0.1, 0.15) is 34.9 Å². The maximum atomic E-state index is 12.4. The number of aromatic nitrogens is 2. The minimum atomic E-state index is -0.873. The molecule has 1 atom stereocenters. The van der Waals surface area contributed by atoms with Crippen molar-refractivity contribution in [1.82, 2.24) is 14.9 Å². The molecule has 1 aromatic carbocycles. The number of aliphatic hydroxyl groups is 1. The van der Waals surface area contributed by atoms with Crippen LogP contribution in [-0.4, -0.2) is 46.1 Å². The van der Waals surface area contributed by atoms with E-state index in [9.17, 15) is 14.7 Å². The van der Waals surface area contributed by atoms with E-state index in [1.165, 1.54) is 4.90 Å². The Hall–Kier alpha value is -2.67. The Morgan fingerprint density at radius 1 is 1.42 bits per heavy atom. The van der Waals surface area contributed by atoms with Crippen molar-refractivity contribution in [2.24, 2.45) is 0 Å². The number of benzene rings is 1. The summed E-state index contributed by atoms with van der Waals surface area (Å²) in [5.41, 5.74) is 0.314. The third kappa shape index (κ3) is 4.42. The summed E-state index contributed by atoms with van der Waals surface area (Å²) in [6, 6.07) is 8.24. The van der Waals surface area contributed by atoms with Crippen molar-refractivity contribution in [2.45, 2.75) is 20.0 Å². The van der Waals surface area contributed by atoms with E-state index in [0.717, 1.165) is 6.07 Å². The smallest absolute Gasteiger partial charge is 0.272 e. The number of nitrogens with zero attached hydrogens (tertiary/aromatic N) is 2. The van der Waals surface area contributed by atoms with Gasteiger partial charge < -0.3 is 19.7 Å². The summed E-state index contributed by atoms with van der Waals surface area (Å²) in [5, 5.41) is 10.4. The average Bonchev–Trinajstić information content (AvgIpc) is 2.53. The predicted molar refractivity (Wildman–Crippen MR) is 89.1 cm³/mol. The summed E-state index contributed by atoms with van der Waals surface area (Å²) in [6.07, 6.45) is -0.873. The van der Waals surface area contributed by atoms with Crippen LogP contribution >= 0.6 is 0 Å². The van der Waals surface area contributed by atoms with Gasteiger partial charge in [-0.3, -0.25) is 9.59 Å². The first-order chi connectivity index (χ1) is 11.4. The normalized spacial score (nSPS) is 11.8. The molecule has 2 N–H and O–H groups in total. The quantitative estimate of drug-likeness (QED) is 0.831. The van der Waals surface area contributed by atoms with E-state index in [4.69, 9.17) is 4.74 Å². The van der Waals surface area contributed by atoms with Crippen molar-refractivity contribution in [3.8, 4) is 5.75 Å². The molecule has 7 nitrogen and oxygen atoms in total. The molecule has 128 valence electrons. The number of amides is 1. The maximum Gasteiger partial charge on any atom is 0.272 e. The van der Waals surface area contributed by atoms with Gasteiger partial charge in [0.15, 0.2) is 0 Å². The molecule has 1 amide bonds. The summed E-state index contributed by atoms with van der Waals surface area (Å²) < 4.78 is 5.40. The van der Waals surface area contributed by atoms with Gasteiger partial charge in [0, 0.05) is 13.1 Å². The first-order valence-electron chi connectivity index (χ1n) is 7.65. The number of aliphatic hydroxyl groups excluding tert-OH is 1. The van der Waals surface area contributed by atoms with Gasteiger partial charge in [-0.15, -0.1) is 0 Å². The molecule has 0 aliphatic carbocycles. The van der Waals surface area contributed by atoms with Crippen LogP contribution in [0.4, 0.5) is 0 Å². The molecule has 0 fully saturated rings. The highest BCUT2D eigenvalue weighted by molar-refractivity contribution is 5.92. The Morgan fingerprint density at radius 2 is 2.17 bits per heavy atom. The van der Waals surface area contributed by atoms with Crippen LogP contribution in [0, 0.1) is 6.92 Å². The number of aromatic amines is 1. The summed E-state index contributed by atoms with van der Waals surface area (Å²) in [7, 11) is 1.55. The first kappa shape index (κ1) is 17.7. The molecule has 0 radical (unpaired) electrons. The van der Waals surface area contributed by atoms with Crippen molar-refractivity contribution in [3.05, 3.63) is 57.8 Å². The van der Waals surface area contributed by atoms with Gasteiger partial charge in [-0.1, -0.05) is 12.1 Å². The fourth-order valence-electron chi connectivity index (χ4n) is 2.31. The third-order valence-electron chi connectivity index (χ3n) is 3.43. The molecule has 0 unspecified atom stereocenters. The number of rotatable bonds is 6. The molecule has 24 heavy (non-hydrogen) atoms. The molecule has 0 bridgehead atoms. The Bertz CT molecular complexity index is 772. The summed E-state index contributed by atoms with van der Waals surface area (Å²) >= 11 is 0. The van der Waals surface area contributed by atoms with Gasteiger partial charge in [0.2, 0.25) is 0 Å². The van der Waals surface area contributed by atoms with Crippen molar-refractivity contribution in [1.29, 1.82) is 0 Å². The molecule has 1 heterocycles. The SMILES string of the molecule is CCOc1cccc([C@@H](O)CN(C)C(=O)c2cc(=O)[nH]c(C)n2)c1. The minimum Gasteiger partial charge on any atom is -0.494 e. The van der Waals surface area contributed by atoms with E-state index in [-0.39, 0.29) is 17.8 Å². The lowest BCUT2D eigenvalue weighted by Crippen LogP contribution is -2.32. The number of hydrogen-bond acceptors (Lipinski definition) is 5. The zero-order valence-corrected chi connectivity index (χ0v) is 13.9. The number of ether oxygens (including phenoxy) is 1. The second-order valence-electron chi connectivity index (χ2n) is 5.42. The van der Waals surface area contributed by atoms with Gasteiger partial charge >= 0.3 is 0 Å². The van der Waals surface area contributed by atoms with Gasteiger partial charge in [-0.25, -0.2) is 4.98 Å². The number of hydrogen-bond donors (Lipinski definition) is 2. The lowest BCUT2D eigenvalue weighted by molar-refractivity contribution is 0.0674. The molecule has 0 aliphatic heterocycles. The molecule has 0 saturated carbocycles. The second-order valence-corrected chi connectivity index (χ2v) is 5.42. The van der Waals surface area contributed by atoms with Gasteiger partial charge in [0.1, 0.15) is 17.3 Å². The topological polar surface area (TPSA) is 95.5 Å².